The van der Waals surface area contributed by atoms with E-state index in [4.69, 9.17) is 16.9 Å². The molecule has 0 saturated carbocycles. The molecule has 1 amide bonds. The number of carbonyl (C=O) groups is 1. The number of nitrogens with zero attached hydrogens (tertiary/aromatic N) is 2. The van der Waals surface area contributed by atoms with E-state index in [9.17, 15) is 4.79 Å². The highest BCUT2D eigenvalue weighted by atomic mass is 32.2. The first-order chi connectivity index (χ1) is 7.97. The summed E-state index contributed by atoms with van der Waals surface area (Å²) in [7, 11) is 0. The van der Waals surface area contributed by atoms with Gasteiger partial charge in [-0.2, -0.15) is 4.99 Å². The van der Waals surface area contributed by atoms with Gasteiger partial charge in [-0.15, -0.1) is 11.3 Å². The molecule has 1 rings (SSSR count). The van der Waals surface area contributed by atoms with Crippen LogP contribution < -0.4 is 16.8 Å². The summed E-state index contributed by atoms with van der Waals surface area (Å²) in [5.41, 5.74) is 11.0. The molecule has 17 heavy (non-hydrogen) atoms. The predicted octanol–water partition coefficient (Wildman–Crippen LogP) is 0.543. The highest BCUT2D eigenvalue weighted by Gasteiger charge is 2.05. The second-order valence-electron chi connectivity index (χ2n) is 2.96. The quantitative estimate of drug-likeness (QED) is 0.471. The van der Waals surface area contributed by atoms with Crippen LogP contribution in [0.5, 0.6) is 0 Å². The van der Waals surface area contributed by atoms with E-state index in [1.807, 2.05) is 0 Å². The Morgan fingerprint density at radius 3 is 3.00 bits per heavy atom. The Morgan fingerprint density at radius 2 is 2.41 bits per heavy atom. The van der Waals surface area contributed by atoms with Gasteiger partial charge >= 0.3 is 0 Å². The molecule has 0 atom stereocenters. The number of aliphatic imine (C=N–C) groups is 1. The third-order valence-electron chi connectivity index (χ3n) is 1.42. The fourth-order valence-electron chi connectivity index (χ4n) is 0.873. The van der Waals surface area contributed by atoms with Crippen molar-refractivity contribution in [1.82, 2.24) is 4.98 Å². The summed E-state index contributed by atoms with van der Waals surface area (Å²) in [5.74, 6) is 0.178. The second-order valence-corrected chi connectivity index (χ2v) is 4.78. The first-order valence-electron chi connectivity index (χ1n) is 4.50. The number of amides is 1. The van der Waals surface area contributed by atoms with Crippen LogP contribution in [0.15, 0.2) is 10.4 Å². The van der Waals surface area contributed by atoms with Crippen LogP contribution >= 0.6 is 23.1 Å². The van der Waals surface area contributed by atoms with Crippen LogP contribution in [0.2, 0.25) is 0 Å². The zero-order chi connectivity index (χ0) is 12.8. The van der Waals surface area contributed by atoms with E-state index in [0.717, 1.165) is 17.5 Å². The van der Waals surface area contributed by atoms with Crippen LogP contribution in [-0.2, 0) is 10.5 Å². The number of thioether (sulfide) groups is 1. The van der Waals surface area contributed by atoms with Crippen molar-refractivity contribution in [1.29, 1.82) is 5.41 Å². The van der Waals surface area contributed by atoms with Gasteiger partial charge in [-0.05, 0) is 0 Å². The largest absolute Gasteiger partial charge is 0.370 e. The lowest BCUT2D eigenvalue weighted by Gasteiger charge is -1.96. The maximum atomic E-state index is 10.8. The first kappa shape index (κ1) is 13.5. The van der Waals surface area contributed by atoms with Crippen molar-refractivity contribution in [2.75, 3.05) is 5.32 Å². The Morgan fingerprint density at radius 1 is 1.71 bits per heavy atom. The number of anilines is 1. The third-order valence-corrected chi connectivity index (χ3v) is 3.03. The SMILES string of the molecule is CC(=O)Nc1nc(CSC(=N)N=C(N)N)cs1. The molecular weight excluding hydrogens is 260 g/mol. The second kappa shape index (κ2) is 6.21. The lowest BCUT2D eigenvalue weighted by molar-refractivity contribution is -0.114. The van der Waals surface area contributed by atoms with Gasteiger partial charge < -0.3 is 16.8 Å². The summed E-state index contributed by atoms with van der Waals surface area (Å²) >= 11 is 2.49. The molecule has 9 heteroatoms. The van der Waals surface area contributed by atoms with E-state index in [2.05, 4.69) is 15.3 Å². The smallest absolute Gasteiger partial charge is 0.223 e. The van der Waals surface area contributed by atoms with Crippen LogP contribution in [0, 0.1) is 5.41 Å². The fraction of sp³-hybridized carbons (Fsp3) is 0.250. The molecule has 7 nitrogen and oxygen atoms in total. The van der Waals surface area contributed by atoms with Crippen molar-refractivity contribution in [3.63, 3.8) is 0 Å². The lowest BCUT2D eigenvalue weighted by Crippen LogP contribution is -2.23. The number of hydrogen-bond acceptors (Lipinski definition) is 5. The van der Waals surface area contributed by atoms with Gasteiger partial charge in [0.25, 0.3) is 0 Å². The monoisotopic (exact) mass is 272 g/mol. The van der Waals surface area contributed by atoms with E-state index < -0.39 is 0 Å². The molecule has 0 fully saturated rings. The van der Waals surface area contributed by atoms with Crippen molar-refractivity contribution in [2.24, 2.45) is 16.5 Å². The maximum absolute atomic E-state index is 10.8. The van der Waals surface area contributed by atoms with Gasteiger partial charge in [0.15, 0.2) is 16.3 Å². The standard InChI is InChI=1S/C8H12N6OS2/c1-4(15)12-8-13-5(3-17-8)2-16-7(11)14-6(9)10/h3H,2H2,1H3,(H,12,13,15)(H5,9,10,11,14). The molecule has 92 valence electrons. The van der Waals surface area contributed by atoms with Crippen LogP contribution in [0.1, 0.15) is 12.6 Å². The summed E-state index contributed by atoms with van der Waals surface area (Å²) < 4.78 is 0. The van der Waals surface area contributed by atoms with Crippen LogP contribution in [0.4, 0.5) is 5.13 Å². The van der Waals surface area contributed by atoms with Gasteiger partial charge in [0, 0.05) is 18.1 Å². The average molecular weight is 272 g/mol. The minimum absolute atomic E-state index is 0.0269. The van der Waals surface area contributed by atoms with Crippen LogP contribution in [0.3, 0.4) is 0 Å². The van der Waals surface area contributed by atoms with E-state index >= 15 is 0 Å². The molecule has 1 aromatic rings. The first-order valence-corrected chi connectivity index (χ1v) is 6.37. The minimum Gasteiger partial charge on any atom is -0.370 e. The van der Waals surface area contributed by atoms with Gasteiger partial charge in [0.2, 0.25) is 5.91 Å². The fourth-order valence-corrected chi connectivity index (χ4v) is 2.34. The van der Waals surface area contributed by atoms with Crippen LogP contribution in [-0.4, -0.2) is 22.0 Å². The molecule has 0 aliphatic rings. The number of rotatable bonds is 3. The molecule has 0 aromatic carbocycles. The van der Waals surface area contributed by atoms with Gasteiger partial charge in [-0.25, -0.2) is 4.98 Å². The van der Waals surface area contributed by atoms with Crippen molar-refractivity contribution in [3.8, 4) is 0 Å². The molecule has 0 unspecified atom stereocenters. The van der Waals surface area contributed by atoms with Crippen LogP contribution in [0.25, 0.3) is 0 Å². The zero-order valence-electron chi connectivity index (χ0n) is 9.06. The Bertz CT molecular complexity index is 451. The molecule has 0 radical (unpaired) electrons. The molecule has 6 N–H and O–H groups in total. The zero-order valence-corrected chi connectivity index (χ0v) is 10.7. The highest BCUT2D eigenvalue weighted by molar-refractivity contribution is 8.13. The van der Waals surface area contributed by atoms with Crippen molar-refractivity contribution in [3.05, 3.63) is 11.1 Å². The number of guanidine groups is 1. The number of hydrogen-bond donors (Lipinski definition) is 4. The van der Waals surface area contributed by atoms with E-state index in [1.54, 1.807) is 5.38 Å². The van der Waals surface area contributed by atoms with Crippen molar-refractivity contribution < 1.29 is 4.79 Å². The minimum atomic E-state index is -0.160. The average Bonchev–Trinajstić information content (AvgIpc) is 2.60. The van der Waals surface area contributed by atoms with Gasteiger partial charge in [-0.3, -0.25) is 10.2 Å². The Hall–Kier alpha value is -1.61. The van der Waals surface area contributed by atoms with Crippen molar-refractivity contribution >= 4 is 45.3 Å². The number of nitrogens with one attached hydrogen (secondary N) is 2. The summed E-state index contributed by atoms with van der Waals surface area (Å²) in [6.07, 6.45) is 0. The number of nitrogens with two attached hydrogens (primary N) is 2. The predicted molar refractivity (Wildman–Crippen MR) is 71.2 cm³/mol. The summed E-state index contributed by atoms with van der Waals surface area (Å²) in [6, 6.07) is 0. The molecular formula is C8H12N6OS2. The summed E-state index contributed by atoms with van der Waals surface area (Å²) in [6.45, 7) is 1.42. The van der Waals surface area contributed by atoms with E-state index in [0.29, 0.717) is 10.9 Å². The van der Waals surface area contributed by atoms with Gasteiger partial charge in [0.05, 0.1) is 5.69 Å². The van der Waals surface area contributed by atoms with E-state index in [1.165, 1.54) is 18.3 Å². The molecule has 0 bridgehead atoms. The Balaban J connectivity index is 2.47. The third kappa shape index (κ3) is 5.31. The lowest BCUT2D eigenvalue weighted by atomic mass is 10.6. The summed E-state index contributed by atoms with van der Waals surface area (Å²) in [4.78, 5) is 18.5. The molecule has 0 saturated heterocycles. The van der Waals surface area contributed by atoms with Gasteiger partial charge in [0.1, 0.15) is 0 Å². The molecule has 1 heterocycles. The maximum Gasteiger partial charge on any atom is 0.223 e. The number of amidine groups is 1. The topological polar surface area (TPSA) is 130 Å². The molecule has 1 aromatic heterocycles. The molecule has 0 aliphatic carbocycles. The number of carbonyl (C=O) groups excluding carboxylic acids is 1. The number of aromatic nitrogens is 1. The normalized spacial score (nSPS) is 9.71. The summed E-state index contributed by atoms with van der Waals surface area (Å²) in [5, 5.41) is 12.4. The molecule has 0 spiro atoms. The molecule has 0 aliphatic heterocycles. The van der Waals surface area contributed by atoms with Gasteiger partial charge in [-0.1, -0.05) is 11.8 Å². The number of thiazole rings is 1. The van der Waals surface area contributed by atoms with E-state index in [-0.39, 0.29) is 17.0 Å². The van der Waals surface area contributed by atoms with Crippen molar-refractivity contribution in [2.45, 2.75) is 12.7 Å². The Labute approximate surface area is 106 Å². The Kier molecular flexibility index (Phi) is 4.91. The highest BCUT2D eigenvalue weighted by Crippen LogP contribution is 2.20.